The molecule has 6 rings (SSSR count). The van der Waals surface area contributed by atoms with Gasteiger partial charge in [0.05, 0.1) is 22.9 Å². The molecule has 12 heteroatoms. The van der Waals surface area contributed by atoms with Crippen LogP contribution < -0.4 is 10.2 Å². The van der Waals surface area contributed by atoms with Crippen LogP contribution in [0.25, 0.3) is 5.69 Å². The number of anilines is 1. The zero-order valence-electron chi connectivity index (χ0n) is 25.4. The van der Waals surface area contributed by atoms with E-state index in [9.17, 15) is 18.0 Å². The zero-order valence-corrected chi connectivity index (χ0v) is 27.0. The fourth-order valence-corrected chi connectivity index (χ4v) is 8.16. The van der Waals surface area contributed by atoms with Crippen LogP contribution in [-0.4, -0.2) is 64.7 Å². The highest BCUT2D eigenvalue weighted by molar-refractivity contribution is 7.99. The second kappa shape index (κ2) is 13.2. The first-order chi connectivity index (χ1) is 21.7. The Labute approximate surface area is 267 Å². The van der Waals surface area contributed by atoms with E-state index in [1.165, 1.54) is 45.9 Å². The van der Waals surface area contributed by atoms with E-state index >= 15 is 0 Å². The molecule has 45 heavy (non-hydrogen) atoms. The van der Waals surface area contributed by atoms with Gasteiger partial charge in [-0.15, -0.1) is 10.2 Å². The number of sulfonamides is 1. The number of para-hydroxylation sites is 1. The Morgan fingerprint density at radius 3 is 2.42 bits per heavy atom. The molecule has 1 N–H and O–H groups in total. The van der Waals surface area contributed by atoms with Crippen molar-refractivity contribution in [2.24, 2.45) is 0 Å². The average Bonchev–Trinajstić information content (AvgIpc) is 3.68. The molecule has 2 amide bonds. The van der Waals surface area contributed by atoms with Gasteiger partial charge in [0.1, 0.15) is 0 Å². The number of thioether (sulfide) groups is 1. The van der Waals surface area contributed by atoms with Gasteiger partial charge in [0.25, 0.3) is 5.91 Å². The van der Waals surface area contributed by atoms with Crippen molar-refractivity contribution in [3.63, 3.8) is 0 Å². The summed E-state index contributed by atoms with van der Waals surface area (Å²) in [5, 5.41) is 12.3. The standard InChI is InChI=1S/C33H36N6O4S2/c1-23-10-11-24(2)29(20-23)39-30(35-36-33(39)44-22-31(40)38-19-16-25-8-4-5-9-28(25)38)21-34-32(41)26-12-14-27(15-13-26)45(42,43)37-17-6-3-7-18-37/h4-5,8-15,20H,3,6-7,16-19,21-22H2,1-2H3,(H,34,41). The van der Waals surface area contributed by atoms with Crippen molar-refractivity contribution in [3.05, 3.63) is 94.8 Å². The third-order valence-electron chi connectivity index (χ3n) is 8.30. The largest absolute Gasteiger partial charge is 0.345 e. The second-order valence-electron chi connectivity index (χ2n) is 11.4. The molecular formula is C33H36N6O4S2. The van der Waals surface area contributed by atoms with E-state index < -0.39 is 10.0 Å². The summed E-state index contributed by atoms with van der Waals surface area (Å²) in [6.45, 7) is 5.78. The number of carbonyl (C=O) groups is 2. The first-order valence-corrected chi connectivity index (χ1v) is 17.6. The third kappa shape index (κ3) is 6.54. The number of amides is 2. The van der Waals surface area contributed by atoms with Crippen LogP contribution in [0.1, 0.15) is 52.1 Å². The molecule has 0 aliphatic carbocycles. The predicted molar refractivity (Wildman–Crippen MR) is 174 cm³/mol. The van der Waals surface area contributed by atoms with Crippen LogP contribution in [0.2, 0.25) is 0 Å². The highest BCUT2D eigenvalue weighted by Crippen LogP contribution is 2.30. The molecule has 0 spiro atoms. The number of nitrogens with zero attached hydrogens (tertiary/aromatic N) is 5. The summed E-state index contributed by atoms with van der Waals surface area (Å²) in [6, 6.07) is 20.1. The number of fused-ring (bicyclic) bond motifs is 1. The minimum Gasteiger partial charge on any atom is -0.345 e. The van der Waals surface area contributed by atoms with E-state index in [0.29, 0.717) is 36.2 Å². The van der Waals surface area contributed by atoms with Crippen molar-refractivity contribution < 1.29 is 18.0 Å². The van der Waals surface area contributed by atoms with Gasteiger partial charge < -0.3 is 10.2 Å². The molecule has 3 heterocycles. The molecule has 0 unspecified atom stereocenters. The van der Waals surface area contributed by atoms with Crippen LogP contribution in [0.3, 0.4) is 0 Å². The topological polar surface area (TPSA) is 117 Å². The number of hydrogen-bond donors (Lipinski definition) is 1. The molecule has 1 fully saturated rings. The van der Waals surface area contributed by atoms with E-state index in [-0.39, 0.29) is 29.0 Å². The van der Waals surface area contributed by atoms with E-state index in [0.717, 1.165) is 48.2 Å². The van der Waals surface area contributed by atoms with Crippen molar-refractivity contribution in [3.8, 4) is 5.69 Å². The molecule has 1 saturated heterocycles. The number of nitrogens with one attached hydrogen (secondary N) is 1. The van der Waals surface area contributed by atoms with Crippen molar-refractivity contribution in [1.29, 1.82) is 0 Å². The minimum atomic E-state index is -3.58. The van der Waals surface area contributed by atoms with Gasteiger partial charge in [0, 0.05) is 30.9 Å². The van der Waals surface area contributed by atoms with Gasteiger partial charge in [-0.25, -0.2) is 8.42 Å². The van der Waals surface area contributed by atoms with Crippen LogP contribution in [0.15, 0.2) is 76.8 Å². The maximum atomic E-state index is 13.3. The number of benzene rings is 3. The molecule has 0 radical (unpaired) electrons. The molecule has 0 atom stereocenters. The van der Waals surface area contributed by atoms with Gasteiger partial charge in [0.15, 0.2) is 11.0 Å². The summed E-state index contributed by atoms with van der Waals surface area (Å²) >= 11 is 1.32. The SMILES string of the molecule is Cc1ccc(C)c(-n2c(CNC(=O)c3ccc(S(=O)(=O)N4CCCCC4)cc3)nnc2SCC(=O)N2CCc3ccccc32)c1. The average molecular weight is 645 g/mol. The highest BCUT2D eigenvalue weighted by atomic mass is 32.2. The predicted octanol–water partition coefficient (Wildman–Crippen LogP) is 4.67. The van der Waals surface area contributed by atoms with Crippen molar-refractivity contribution >= 4 is 39.3 Å². The number of aryl methyl sites for hydroxylation is 2. The van der Waals surface area contributed by atoms with Crippen LogP contribution in [-0.2, 0) is 27.8 Å². The minimum absolute atomic E-state index is 0.000986. The van der Waals surface area contributed by atoms with Crippen LogP contribution >= 0.6 is 11.8 Å². The summed E-state index contributed by atoms with van der Waals surface area (Å²) in [7, 11) is -3.58. The van der Waals surface area contributed by atoms with Gasteiger partial charge >= 0.3 is 0 Å². The number of piperidine rings is 1. The molecule has 2 aliphatic rings. The summed E-state index contributed by atoms with van der Waals surface area (Å²) < 4.78 is 29.4. The Balaban J connectivity index is 1.18. The first kappa shape index (κ1) is 31.0. The number of aromatic nitrogens is 3. The Bertz CT molecular complexity index is 1830. The quantitative estimate of drug-likeness (QED) is 0.263. The smallest absolute Gasteiger partial charge is 0.251 e. The lowest BCUT2D eigenvalue weighted by Crippen LogP contribution is -2.35. The lowest BCUT2D eigenvalue weighted by Gasteiger charge is -2.25. The maximum Gasteiger partial charge on any atom is 0.251 e. The van der Waals surface area contributed by atoms with Crippen LogP contribution in [0.5, 0.6) is 0 Å². The summed E-state index contributed by atoms with van der Waals surface area (Å²) in [6.07, 6.45) is 3.59. The van der Waals surface area contributed by atoms with Gasteiger partial charge in [-0.3, -0.25) is 14.2 Å². The Morgan fingerprint density at radius 1 is 0.889 bits per heavy atom. The Hall–Kier alpha value is -4.00. The third-order valence-corrected chi connectivity index (χ3v) is 11.1. The van der Waals surface area contributed by atoms with Gasteiger partial charge in [-0.2, -0.15) is 4.31 Å². The van der Waals surface area contributed by atoms with Crippen LogP contribution in [0, 0.1) is 13.8 Å². The molecule has 0 saturated carbocycles. The van der Waals surface area contributed by atoms with E-state index in [4.69, 9.17) is 0 Å². The number of rotatable bonds is 9. The molecule has 3 aromatic carbocycles. The molecule has 10 nitrogen and oxygen atoms in total. The fraction of sp³-hybridized carbons (Fsp3) is 0.333. The monoisotopic (exact) mass is 644 g/mol. The molecule has 4 aromatic rings. The number of hydrogen-bond acceptors (Lipinski definition) is 7. The van der Waals surface area contributed by atoms with Crippen molar-refractivity contribution in [2.75, 3.05) is 30.3 Å². The normalized spacial score (nSPS) is 15.2. The molecular weight excluding hydrogens is 609 g/mol. The fourth-order valence-electron chi connectivity index (χ4n) is 5.81. The van der Waals surface area contributed by atoms with Gasteiger partial charge in [-0.05, 0) is 86.2 Å². The summed E-state index contributed by atoms with van der Waals surface area (Å²) in [5.74, 6) is 0.351. The lowest BCUT2D eigenvalue weighted by molar-refractivity contribution is -0.116. The second-order valence-corrected chi connectivity index (χ2v) is 14.3. The van der Waals surface area contributed by atoms with E-state index in [1.54, 1.807) is 0 Å². The van der Waals surface area contributed by atoms with E-state index in [1.807, 2.05) is 59.7 Å². The van der Waals surface area contributed by atoms with E-state index in [2.05, 4.69) is 21.6 Å². The number of carbonyl (C=O) groups excluding carboxylic acids is 2. The molecule has 1 aromatic heterocycles. The zero-order chi connectivity index (χ0) is 31.6. The highest BCUT2D eigenvalue weighted by Gasteiger charge is 2.27. The lowest BCUT2D eigenvalue weighted by atomic mass is 10.1. The Kier molecular flexibility index (Phi) is 9.06. The van der Waals surface area contributed by atoms with Gasteiger partial charge in [0.2, 0.25) is 15.9 Å². The maximum absolute atomic E-state index is 13.3. The summed E-state index contributed by atoms with van der Waals surface area (Å²) in [5.41, 5.74) is 5.40. The molecule has 2 aliphatic heterocycles. The molecule has 234 valence electrons. The first-order valence-electron chi connectivity index (χ1n) is 15.1. The van der Waals surface area contributed by atoms with Gasteiger partial charge in [-0.1, -0.05) is 48.5 Å². The van der Waals surface area contributed by atoms with Crippen molar-refractivity contribution in [2.45, 2.75) is 56.1 Å². The Morgan fingerprint density at radius 2 is 1.64 bits per heavy atom. The van der Waals surface area contributed by atoms with Crippen LogP contribution in [0.4, 0.5) is 5.69 Å². The molecule has 0 bridgehead atoms. The summed E-state index contributed by atoms with van der Waals surface area (Å²) in [4.78, 5) is 28.4. The van der Waals surface area contributed by atoms with Crippen molar-refractivity contribution in [1.82, 2.24) is 24.4 Å².